The average Bonchev–Trinajstić information content (AvgIpc) is 2.74. The van der Waals surface area contributed by atoms with E-state index in [2.05, 4.69) is 16.4 Å². The second-order valence-electron chi connectivity index (χ2n) is 4.34. The summed E-state index contributed by atoms with van der Waals surface area (Å²) in [7, 11) is 0. The van der Waals surface area contributed by atoms with Crippen molar-refractivity contribution in [1.29, 1.82) is 0 Å². The van der Waals surface area contributed by atoms with Crippen molar-refractivity contribution >= 4 is 28.3 Å². The molecule has 0 amide bonds. The summed E-state index contributed by atoms with van der Waals surface area (Å²) in [5, 5.41) is 5.09. The number of para-hydroxylation sites is 1. The number of rotatable bonds is 3. The van der Waals surface area contributed by atoms with Gasteiger partial charge in [0.2, 0.25) is 0 Å². The first kappa shape index (κ1) is 12.1. The molecule has 96 valence electrons. The van der Waals surface area contributed by atoms with E-state index in [1.54, 1.807) is 18.5 Å². The maximum Gasteiger partial charge on any atom is 0.134 e. The van der Waals surface area contributed by atoms with Gasteiger partial charge in [-0.2, -0.15) is 0 Å². The summed E-state index contributed by atoms with van der Waals surface area (Å²) in [5.41, 5.74) is 2.89. The third-order valence-corrected chi connectivity index (χ3v) is 3.45. The highest BCUT2D eigenvalue weighted by molar-refractivity contribution is 6.33. The third-order valence-electron chi connectivity index (χ3n) is 3.12. The predicted molar refractivity (Wildman–Crippen MR) is 77.5 cm³/mol. The average molecular weight is 273 g/mol. The number of aryl methyl sites for hydroxylation is 1. The van der Waals surface area contributed by atoms with Crippen molar-refractivity contribution in [2.24, 2.45) is 0 Å². The van der Waals surface area contributed by atoms with E-state index in [1.165, 1.54) is 0 Å². The fourth-order valence-corrected chi connectivity index (χ4v) is 2.30. The van der Waals surface area contributed by atoms with Gasteiger partial charge in [-0.15, -0.1) is 0 Å². The SMILES string of the molecule is Cc1oc2ccccc2c1CNc1cnccc1Cl. The van der Waals surface area contributed by atoms with E-state index in [4.69, 9.17) is 16.0 Å². The van der Waals surface area contributed by atoms with Crippen LogP contribution in [-0.4, -0.2) is 4.98 Å². The van der Waals surface area contributed by atoms with E-state index >= 15 is 0 Å². The van der Waals surface area contributed by atoms with Crippen LogP contribution >= 0.6 is 11.6 Å². The molecule has 0 spiro atoms. The molecule has 19 heavy (non-hydrogen) atoms. The number of hydrogen-bond acceptors (Lipinski definition) is 3. The summed E-state index contributed by atoms with van der Waals surface area (Å²) in [5.74, 6) is 0.925. The van der Waals surface area contributed by atoms with Gasteiger partial charge in [0.1, 0.15) is 11.3 Å². The maximum atomic E-state index is 6.10. The van der Waals surface area contributed by atoms with Crippen molar-refractivity contribution in [2.75, 3.05) is 5.32 Å². The summed E-state index contributed by atoms with van der Waals surface area (Å²) >= 11 is 6.10. The highest BCUT2D eigenvalue weighted by atomic mass is 35.5. The van der Waals surface area contributed by atoms with Crippen LogP contribution in [0.25, 0.3) is 11.0 Å². The molecular weight excluding hydrogens is 260 g/mol. The number of nitrogens with zero attached hydrogens (tertiary/aromatic N) is 1. The van der Waals surface area contributed by atoms with Gasteiger partial charge < -0.3 is 9.73 Å². The van der Waals surface area contributed by atoms with Gasteiger partial charge in [-0.1, -0.05) is 29.8 Å². The van der Waals surface area contributed by atoms with Crippen LogP contribution < -0.4 is 5.32 Å². The predicted octanol–water partition coefficient (Wildman–Crippen LogP) is 4.40. The molecular formula is C15H13ClN2O. The Morgan fingerprint density at radius 2 is 2.11 bits per heavy atom. The zero-order chi connectivity index (χ0) is 13.2. The molecule has 0 fully saturated rings. The minimum absolute atomic E-state index is 0.661. The van der Waals surface area contributed by atoms with Gasteiger partial charge in [0.05, 0.1) is 16.9 Å². The maximum absolute atomic E-state index is 6.10. The monoisotopic (exact) mass is 272 g/mol. The number of fused-ring (bicyclic) bond motifs is 1. The molecule has 0 aliphatic heterocycles. The Labute approximate surface area is 116 Å². The van der Waals surface area contributed by atoms with Gasteiger partial charge in [0, 0.05) is 23.7 Å². The molecule has 0 radical (unpaired) electrons. The number of nitrogens with one attached hydrogen (secondary N) is 1. The molecule has 4 heteroatoms. The molecule has 0 saturated carbocycles. The fraction of sp³-hybridized carbons (Fsp3) is 0.133. The summed E-state index contributed by atoms with van der Waals surface area (Å²) in [6.07, 6.45) is 3.39. The van der Waals surface area contributed by atoms with Crippen LogP contribution in [-0.2, 0) is 6.54 Å². The van der Waals surface area contributed by atoms with E-state index in [9.17, 15) is 0 Å². The lowest BCUT2D eigenvalue weighted by Crippen LogP contribution is -2.00. The van der Waals surface area contributed by atoms with Crippen molar-refractivity contribution in [2.45, 2.75) is 13.5 Å². The second-order valence-corrected chi connectivity index (χ2v) is 4.75. The fourth-order valence-electron chi connectivity index (χ4n) is 2.13. The number of pyridine rings is 1. The van der Waals surface area contributed by atoms with Gasteiger partial charge in [0.15, 0.2) is 0 Å². The number of benzene rings is 1. The van der Waals surface area contributed by atoms with Gasteiger partial charge in [-0.05, 0) is 19.1 Å². The van der Waals surface area contributed by atoms with E-state index in [0.717, 1.165) is 28.0 Å². The minimum Gasteiger partial charge on any atom is -0.461 e. The molecule has 3 rings (SSSR count). The summed E-state index contributed by atoms with van der Waals surface area (Å²) < 4.78 is 5.73. The Hall–Kier alpha value is -2.00. The molecule has 0 atom stereocenters. The van der Waals surface area contributed by atoms with Gasteiger partial charge >= 0.3 is 0 Å². The molecule has 0 unspecified atom stereocenters. The molecule has 2 heterocycles. The smallest absolute Gasteiger partial charge is 0.134 e. The molecule has 3 aromatic rings. The lowest BCUT2D eigenvalue weighted by molar-refractivity contribution is 0.573. The van der Waals surface area contributed by atoms with Crippen LogP contribution in [0.2, 0.25) is 5.02 Å². The topological polar surface area (TPSA) is 38.1 Å². The molecule has 0 aliphatic rings. The number of anilines is 1. The van der Waals surface area contributed by atoms with Crippen LogP contribution in [0, 0.1) is 6.92 Å². The third kappa shape index (κ3) is 2.29. The molecule has 0 aliphatic carbocycles. The van der Waals surface area contributed by atoms with Gasteiger partial charge in [-0.3, -0.25) is 4.98 Å². The van der Waals surface area contributed by atoms with Crippen LogP contribution in [0.4, 0.5) is 5.69 Å². The van der Waals surface area contributed by atoms with E-state index in [-0.39, 0.29) is 0 Å². The summed E-state index contributed by atoms with van der Waals surface area (Å²) in [6.45, 7) is 2.64. The Morgan fingerprint density at radius 1 is 1.26 bits per heavy atom. The molecule has 0 saturated heterocycles. The second kappa shape index (κ2) is 4.94. The van der Waals surface area contributed by atoms with Crippen molar-refractivity contribution in [1.82, 2.24) is 4.98 Å². The van der Waals surface area contributed by atoms with E-state index in [0.29, 0.717) is 11.6 Å². The standard InChI is InChI=1S/C15H13ClN2O/c1-10-12(11-4-2-3-5-15(11)19-10)8-18-14-9-17-7-6-13(14)16/h2-7,9,18H,8H2,1H3. The summed E-state index contributed by atoms with van der Waals surface area (Å²) in [6, 6.07) is 9.79. The molecule has 3 nitrogen and oxygen atoms in total. The van der Waals surface area contributed by atoms with Gasteiger partial charge in [-0.25, -0.2) is 0 Å². The zero-order valence-electron chi connectivity index (χ0n) is 10.5. The highest BCUT2D eigenvalue weighted by Gasteiger charge is 2.10. The quantitative estimate of drug-likeness (QED) is 0.768. The number of hydrogen-bond donors (Lipinski definition) is 1. The first-order chi connectivity index (χ1) is 9.25. The normalized spacial score (nSPS) is 10.8. The number of furan rings is 1. The Kier molecular flexibility index (Phi) is 3.13. The van der Waals surface area contributed by atoms with Crippen LogP contribution in [0.5, 0.6) is 0 Å². The van der Waals surface area contributed by atoms with Crippen molar-refractivity contribution in [3.8, 4) is 0 Å². The Bertz CT molecular complexity index is 721. The highest BCUT2D eigenvalue weighted by Crippen LogP contribution is 2.27. The summed E-state index contributed by atoms with van der Waals surface area (Å²) in [4.78, 5) is 4.06. The first-order valence-electron chi connectivity index (χ1n) is 6.06. The Balaban J connectivity index is 1.90. The lowest BCUT2D eigenvalue weighted by Gasteiger charge is -2.07. The lowest BCUT2D eigenvalue weighted by atomic mass is 10.1. The van der Waals surface area contributed by atoms with Crippen LogP contribution in [0.1, 0.15) is 11.3 Å². The molecule has 2 aromatic heterocycles. The van der Waals surface area contributed by atoms with E-state index in [1.807, 2.05) is 25.1 Å². The minimum atomic E-state index is 0.661. The number of aromatic nitrogens is 1. The molecule has 0 bridgehead atoms. The first-order valence-corrected chi connectivity index (χ1v) is 6.44. The molecule has 1 N–H and O–H groups in total. The molecule has 1 aromatic carbocycles. The van der Waals surface area contributed by atoms with Crippen molar-refractivity contribution in [3.05, 3.63) is 59.1 Å². The number of halogens is 1. The Morgan fingerprint density at radius 3 is 2.95 bits per heavy atom. The van der Waals surface area contributed by atoms with Crippen LogP contribution in [0.15, 0.2) is 47.1 Å². The largest absolute Gasteiger partial charge is 0.461 e. The zero-order valence-corrected chi connectivity index (χ0v) is 11.2. The van der Waals surface area contributed by atoms with Crippen molar-refractivity contribution in [3.63, 3.8) is 0 Å². The van der Waals surface area contributed by atoms with Crippen LogP contribution in [0.3, 0.4) is 0 Å². The van der Waals surface area contributed by atoms with Crippen molar-refractivity contribution < 1.29 is 4.42 Å². The van der Waals surface area contributed by atoms with E-state index < -0.39 is 0 Å². The van der Waals surface area contributed by atoms with Gasteiger partial charge in [0.25, 0.3) is 0 Å².